The third-order valence-corrected chi connectivity index (χ3v) is 4.12. The van der Waals surface area contributed by atoms with E-state index in [1.54, 1.807) is 0 Å². The smallest absolute Gasteiger partial charge is 0.239 e. The molecule has 0 rings (SSSR count). The molecule has 13 nitrogen and oxygen atoms in total. The van der Waals surface area contributed by atoms with Gasteiger partial charge in [-0.25, -0.2) is 0 Å². The monoisotopic (exact) mass is 491 g/mol. The van der Waals surface area contributed by atoms with Crippen LogP contribution in [0.2, 0.25) is 0 Å². The number of hydrogen-bond acceptors (Lipinski definition) is 10. The molecule has 0 aromatic rings. The first-order valence-electron chi connectivity index (χ1n) is 11.4. The summed E-state index contributed by atoms with van der Waals surface area (Å²) in [5.41, 5.74) is 10.6. The summed E-state index contributed by atoms with van der Waals surface area (Å²) >= 11 is 0. The highest BCUT2D eigenvalue weighted by atomic mass is 16.5. The zero-order valence-electron chi connectivity index (χ0n) is 20.2. The Bertz CT molecular complexity index is 545. The minimum absolute atomic E-state index is 0.0404. The van der Waals surface area contributed by atoms with Gasteiger partial charge in [0.1, 0.15) is 18.9 Å². The van der Waals surface area contributed by atoms with Gasteiger partial charge in [-0.3, -0.25) is 14.4 Å². The summed E-state index contributed by atoms with van der Waals surface area (Å²) in [6, 6.07) is 0. The van der Waals surface area contributed by atoms with Crippen LogP contribution < -0.4 is 22.1 Å². The highest BCUT2D eigenvalue weighted by molar-refractivity contribution is 5.90. The van der Waals surface area contributed by atoms with Crippen LogP contribution in [0.5, 0.6) is 0 Å². The molecule has 198 valence electrons. The van der Waals surface area contributed by atoms with E-state index in [1.165, 1.54) is 6.92 Å². The van der Waals surface area contributed by atoms with Gasteiger partial charge in [0.2, 0.25) is 17.7 Å². The average Bonchev–Trinajstić information content (AvgIpc) is 2.80. The Kier molecular flexibility index (Phi) is 21.2. The van der Waals surface area contributed by atoms with Crippen molar-refractivity contribution in [3.63, 3.8) is 0 Å². The van der Waals surface area contributed by atoms with Crippen molar-refractivity contribution in [2.75, 3.05) is 92.1 Å². The highest BCUT2D eigenvalue weighted by Gasteiger charge is 2.20. The number of hydrogen-bond donors (Lipinski definition) is 4. The van der Waals surface area contributed by atoms with Crippen molar-refractivity contribution in [1.29, 1.82) is 0 Å². The summed E-state index contributed by atoms with van der Waals surface area (Å²) in [7, 11) is 0. The molecule has 0 bridgehead atoms. The van der Waals surface area contributed by atoms with Crippen LogP contribution in [0.15, 0.2) is 0 Å². The van der Waals surface area contributed by atoms with Crippen LogP contribution in [-0.2, 0) is 38.1 Å². The highest BCUT2D eigenvalue weighted by Crippen LogP contribution is 1.99. The summed E-state index contributed by atoms with van der Waals surface area (Å²) in [6.45, 7) is 5.13. The van der Waals surface area contributed by atoms with Gasteiger partial charge in [-0.05, 0) is 6.92 Å². The maximum Gasteiger partial charge on any atom is 0.239 e. The maximum atomic E-state index is 12.4. The summed E-state index contributed by atoms with van der Waals surface area (Å²) in [5.74, 6) is -1.48. The molecule has 0 unspecified atom stereocenters. The fourth-order valence-electron chi connectivity index (χ4n) is 2.47. The van der Waals surface area contributed by atoms with Gasteiger partial charge < -0.3 is 50.7 Å². The maximum absolute atomic E-state index is 12.4. The van der Waals surface area contributed by atoms with E-state index in [1.807, 2.05) is 0 Å². The molecule has 0 aliphatic rings. The second-order valence-corrected chi connectivity index (χ2v) is 7.18. The van der Waals surface area contributed by atoms with Crippen molar-refractivity contribution in [1.82, 2.24) is 15.5 Å². The first-order valence-corrected chi connectivity index (χ1v) is 11.4. The number of Topliss-reactive ketones (excluding diaryl/α,β-unsaturated/α-hetero) is 1. The predicted molar refractivity (Wildman–Crippen MR) is 124 cm³/mol. The molecule has 0 atom stereocenters. The molecule has 13 heteroatoms. The molecule has 0 aromatic heterocycles. The Morgan fingerprint density at radius 3 is 1.44 bits per heavy atom. The number of ether oxygens (including phenoxy) is 4. The Balaban J connectivity index is 4.31. The Hall–Kier alpha value is -2.16. The lowest BCUT2D eigenvalue weighted by molar-refractivity contribution is -0.140. The molecule has 0 radical (unpaired) electrons. The number of carbonyl (C=O) groups excluding carboxylic acids is 4. The normalized spacial score (nSPS) is 10.7. The van der Waals surface area contributed by atoms with Crippen LogP contribution in [0.4, 0.5) is 0 Å². The molecule has 0 spiro atoms. The first-order chi connectivity index (χ1) is 16.4. The quantitative estimate of drug-likeness (QED) is 0.110. The van der Waals surface area contributed by atoms with E-state index >= 15 is 0 Å². The van der Waals surface area contributed by atoms with Gasteiger partial charge in [-0.2, -0.15) is 0 Å². The van der Waals surface area contributed by atoms with Gasteiger partial charge in [0.05, 0.1) is 52.9 Å². The van der Waals surface area contributed by atoms with Crippen molar-refractivity contribution in [2.45, 2.75) is 19.8 Å². The lowest BCUT2D eigenvalue weighted by Gasteiger charge is -2.21. The van der Waals surface area contributed by atoms with E-state index in [-0.39, 0.29) is 58.0 Å². The molecule has 0 aromatic carbocycles. The largest absolute Gasteiger partial charge is 0.378 e. The fourth-order valence-corrected chi connectivity index (χ4v) is 2.47. The molecule has 0 saturated heterocycles. The number of nitrogens with one attached hydrogen (secondary N) is 2. The number of nitrogens with two attached hydrogens (primary N) is 2. The van der Waals surface area contributed by atoms with E-state index in [2.05, 4.69) is 10.6 Å². The number of amides is 3. The molecule has 0 saturated carbocycles. The van der Waals surface area contributed by atoms with E-state index in [9.17, 15) is 19.2 Å². The second-order valence-electron chi connectivity index (χ2n) is 7.18. The topological polar surface area (TPSA) is 185 Å². The van der Waals surface area contributed by atoms with Crippen LogP contribution in [0.1, 0.15) is 19.8 Å². The molecule has 0 fully saturated rings. The van der Waals surface area contributed by atoms with Gasteiger partial charge in [-0.15, -0.1) is 0 Å². The van der Waals surface area contributed by atoms with Gasteiger partial charge >= 0.3 is 0 Å². The Morgan fingerprint density at radius 2 is 1.06 bits per heavy atom. The van der Waals surface area contributed by atoms with Gasteiger partial charge in [0.25, 0.3) is 0 Å². The van der Waals surface area contributed by atoms with Crippen molar-refractivity contribution in [3.8, 4) is 0 Å². The minimum atomic E-state index is -0.456. The number of ketones is 1. The molecule has 34 heavy (non-hydrogen) atoms. The number of nitrogens with zero attached hydrogens (tertiary/aromatic N) is 1. The van der Waals surface area contributed by atoms with Crippen molar-refractivity contribution in [2.24, 2.45) is 11.5 Å². The van der Waals surface area contributed by atoms with Crippen molar-refractivity contribution in [3.05, 3.63) is 0 Å². The molecule has 0 heterocycles. The summed E-state index contributed by atoms with van der Waals surface area (Å²) in [5, 5.41) is 5.26. The van der Waals surface area contributed by atoms with Crippen LogP contribution in [0.3, 0.4) is 0 Å². The zero-order valence-corrected chi connectivity index (χ0v) is 20.2. The van der Waals surface area contributed by atoms with Gasteiger partial charge in [0, 0.05) is 39.0 Å². The SMILES string of the molecule is CC(=O)CCC(=O)N(CC(=O)NCCOCCOCCN)CC(=O)NCCOCCOCCN. The molecule has 0 aliphatic carbocycles. The average molecular weight is 492 g/mol. The van der Waals surface area contributed by atoms with E-state index in [0.717, 1.165) is 4.90 Å². The molecule has 0 aliphatic heterocycles. The summed E-state index contributed by atoms with van der Waals surface area (Å²) < 4.78 is 21.0. The lowest BCUT2D eigenvalue weighted by Crippen LogP contribution is -2.46. The van der Waals surface area contributed by atoms with Crippen LogP contribution in [0, 0.1) is 0 Å². The first kappa shape index (κ1) is 31.8. The van der Waals surface area contributed by atoms with Crippen LogP contribution in [-0.4, -0.2) is 121 Å². The molecule has 3 amide bonds. The predicted octanol–water partition coefficient (Wildman–Crippen LogP) is -2.60. The van der Waals surface area contributed by atoms with E-state index < -0.39 is 17.7 Å². The number of carbonyl (C=O) groups is 4. The summed E-state index contributed by atoms with van der Waals surface area (Å²) in [6.07, 6.45) is -0.0353. The standard InChI is InChI=1S/C21H41N5O8/c1-18(27)2-3-21(30)26(16-19(28)24-6-10-33-14-12-31-8-4-22)17-20(29)25-7-11-34-15-13-32-9-5-23/h2-17,22-23H2,1H3,(H,24,28)(H,25,29). The van der Waals surface area contributed by atoms with Crippen LogP contribution in [0.25, 0.3) is 0 Å². The second kappa shape index (κ2) is 22.6. The lowest BCUT2D eigenvalue weighted by atomic mass is 10.2. The van der Waals surface area contributed by atoms with E-state index in [0.29, 0.717) is 52.7 Å². The van der Waals surface area contributed by atoms with Gasteiger partial charge in [-0.1, -0.05) is 0 Å². The Labute approximate surface area is 201 Å². The zero-order chi connectivity index (χ0) is 25.4. The fraction of sp³-hybridized carbons (Fsp3) is 0.810. The van der Waals surface area contributed by atoms with Crippen molar-refractivity contribution < 1.29 is 38.1 Å². The molecular weight excluding hydrogens is 450 g/mol. The third kappa shape index (κ3) is 20.4. The molecule has 6 N–H and O–H groups in total. The molecular formula is C21H41N5O8. The van der Waals surface area contributed by atoms with Gasteiger partial charge in [0.15, 0.2) is 0 Å². The minimum Gasteiger partial charge on any atom is -0.378 e. The Morgan fingerprint density at radius 1 is 0.647 bits per heavy atom. The third-order valence-electron chi connectivity index (χ3n) is 4.12. The van der Waals surface area contributed by atoms with E-state index in [4.69, 9.17) is 30.4 Å². The van der Waals surface area contributed by atoms with Crippen LogP contribution >= 0.6 is 0 Å². The summed E-state index contributed by atoms with van der Waals surface area (Å²) in [4.78, 5) is 49.2. The number of rotatable bonds is 23. The van der Waals surface area contributed by atoms with Crippen molar-refractivity contribution >= 4 is 23.5 Å².